The number of carboxylic acids is 1. The number of aromatic nitrogens is 1. The Morgan fingerprint density at radius 3 is 2.52 bits per heavy atom. The SMILES string of the molecule is O=C(O)CN(C(=O)OCc1ccccc1)c1cccnc1. The topological polar surface area (TPSA) is 79.7 Å². The van der Waals surface area contributed by atoms with Crippen molar-refractivity contribution in [3.63, 3.8) is 0 Å². The van der Waals surface area contributed by atoms with E-state index in [0.29, 0.717) is 5.69 Å². The number of hydrogen-bond donors (Lipinski definition) is 1. The van der Waals surface area contributed by atoms with Crippen molar-refractivity contribution in [2.45, 2.75) is 6.61 Å². The second kappa shape index (κ2) is 7.04. The monoisotopic (exact) mass is 286 g/mol. The van der Waals surface area contributed by atoms with Gasteiger partial charge in [-0.3, -0.25) is 14.7 Å². The molecule has 108 valence electrons. The Morgan fingerprint density at radius 1 is 1.14 bits per heavy atom. The van der Waals surface area contributed by atoms with Crippen LogP contribution in [0.4, 0.5) is 10.5 Å². The molecule has 1 N–H and O–H groups in total. The minimum absolute atomic E-state index is 0.0794. The van der Waals surface area contributed by atoms with Gasteiger partial charge in [-0.25, -0.2) is 4.79 Å². The van der Waals surface area contributed by atoms with Gasteiger partial charge in [0.2, 0.25) is 0 Å². The molecule has 0 radical (unpaired) electrons. The van der Waals surface area contributed by atoms with Crippen molar-refractivity contribution in [3.05, 3.63) is 60.4 Å². The predicted octanol–water partition coefficient (Wildman–Crippen LogP) is 2.31. The zero-order valence-corrected chi connectivity index (χ0v) is 11.2. The number of nitrogens with zero attached hydrogens (tertiary/aromatic N) is 2. The zero-order valence-electron chi connectivity index (χ0n) is 11.2. The third kappa shape index (κ3) is 4.31. The number of benzene rings is 1. The summed E-state index contributed by atoms with van der Waals surface area (Å²) in [5.41, 5.74) is 1.20. The number of carbonyl (C=O) groups is 2. The lowest BCUT2D eigenvalue weighted by molar-refractivity contribution is -0.135. The third-order valence-corrected chi connectivity index (χ3v) is 2.68. The van der Waals surface area contributed by atoms with Gasteiger partial charge < -0.3 is 9.84 Å². The van der Waals surface area contributed by atoms with E-state index in [1.807, 2.05) is 30.3 Å². The minimum Gasteiger partial charge on any atom is -0.480 e. The van der Waals surface area contributed by atoms with Crippen LogP contribution in [-0.2, 0) is 16.1 Å². The van der Waals surface area contributed by atoms with Gasteiger partial charge in [-0.2, -0.15) is 0 Å². The highest BCUT2D eigenvalue weighted by Gasteiger charge is 2.20. The molecule has 1 amide bonds. The molecular weight excluding hydrogens is 272 g/mol. The molecular formula is C15H14N2O4. The van der Waals surface area contributed by atoms with E-state index in [2.05, 4.69) is 4.98 Å². The van der Waals surface area contributed by atoms with Crippen LogP contribution in [0.15, 0.2) is 54.9 Å². The standard InChI is InChI=1S/C15H14N2O4/c18-14(19)10-17(13-7-4-8-16-9-13)15(20)21-11-12-5-2-1-3-6-12/h1-9H,10-11H2,(H,18,19). The first-order chi connectivity index (χ1) is 10.2. The summed E-state index contributed by atoms with van der Waals surface area (Å²) in [7, 11) is 0. The predicted molar refractivity (Wildman–Crippen MR) is 75.8 cm³/mol. The molecule has 0 aliphatic heterocycles. The number of carboxylic acid groups (broad SMARTS) is 1. The van der Waals surface area contributed by atoms with Crippen LogP contribution in [-0.4, -0.2) is 28.7 Å². The quantitative estimate of drug-likeness (QED) is 0.912. The third-order valence-electron chi connectivity index (χ3n) is 2.68. The summed E-state index contributed by atoms with van der Waals surface area (Å²) in [5, 5.41) is 8.91. The number of rotatable bonds is 5. The molecule has 0 saturated heterocycles. The van der Waals surface area contributed by atoms with Gasteiger partial charge in [0.1, 0.15) is 13.2 Å². The Kier molecular flexibility index (Phi) is 4.87. The summed E-state index contributed by atoms with van der Waals surface area (Å²) in [6, 6.07) is 12.4. The first kappa shape index (κ1) is 14.5. The van der Waals surface area contributed by atoms with Crippen LogP contribution in [0.5, 0.6) is 0 Å². The molecule has 0 unspecified atom stereocenters. The molecule has 1 aromatic heterocycles. The molecule has 6 nitrogen and oxygen atoms in total. The maximum absolute atomic E-state index is 12.1. The largest absolute Gasteiger partial charge is 0.480 e. The van der Waals surface area contributed by atoms with E-state index >= 15 is 0 Å². The van der Waals surface area contributed by atoms with Crippen molar-refractivity contribution in [3.8, 4) is 0 Å². The second-order valence-corrected chi connectivity index (χ2v) is 4.23. The maximum atomic E-state index is 12.1. The van der Waals surface area contributed by atoms with E-state index in [-0.39, 0.29) is 6.61 Å². The lowest BCUT2D eigenvalue weighted by atomic mass is 10.2. The summed E-state index contributed by atoms with van der Waals surface area (Å²) in [4.78, 5) is 27.9. The molecule has 0 bridgehead atoms. The highest BCUT2D eigenvalue weighted by atomic mass is 16.6. The highest BCUT2D eigenvalue weighted by Crippen LogP contribution is 2.13. The summed E-state index contributed by atoms with van der Waals surface area (Å²) >= 11 is 0. The van der Waals surface area contributed by atoms with Crippen molar-refractivity contribution in [1.29, 1.82) is 0 Å². The second-order valence-electron chi connectivity index (χ2n) is 4.23. The van der Waals surface area contributed by atoms with Gasteiger partial charge in [-0.15, -0.1) is 0 Å². The molecule has 0 aliphatic rings. The molecule has 1 aromatic carbocycles. The summed E-state index contributed by atoms with van der Waals surface area (Å²) in [6.07, 6.45) is 2.22. The van der Waals surface area contributed by atoms with Crippen LogP contribution in [0.25, 0.3) is 0 Å². The van der Waals surface area contributed by atoms with E-state index in [0.717, 1.165) is 10.5 Å². The Bertz CT molecular complexity index is 602. The Morgan fingerprint density at radius 2 is 1.90 bits per heavy atom. The van der Waals surface area contributed by atoms with Crippen molar-refractivity contribution in [2.24, 2.45) is 0 Å². The van der Waals surface area contributed by atoms with Gasteiger partial charge in [0.05, 0.1) is 11.9 Å². The van der Waals surface area contributed by atoms with Crippen molar-refractivity contribution in [1.82, 2.24) is 4.98 Å². The average molecular weight is 286 g/mol. The van der Waals surface area contributed by atoms with Gasteiger partial charge in [-0.1, -0.05) is 30.3 Å². The molecule has 21 heavy (non-hydrogen) atoms. The lowest BCUT2D eigenvalue weighted by Crippen LogP contribution is -2.36. The van der Waals surface area contributed by atoms with E-state index in [1.54, 1.807) is 12.1 Å². The first-order valence-corrected chi connectivity index (χ1v) is 6.27. The van der Waals surface area contributed by atoms with Crippen LogP contribution in [0.2, 0.25) is 0 Å². The Labute approximate surface area is 121 Å². The van der Waals surface area contributed by atoms with Crippen molar-refractivity contribution < 1.29 is 19.4 Å². The van der Waals surface area contributed by atoms with E-state index in [4.69, 9.17) is 9.84 Å². The van der Waals surface area contributed by atoms with Crippen LogP contribution in [0.3, 0.4) is 0 Å². The van der Waals surface area contributed by atoms with E-state index in [1.165, 1.54) is 12.4 Å². The van der Waals surface area contributed by atoms with Crippen molar-refractivity contribution in [2.75, 3.05) is 11.4 Å². The molecule has 0 spiro atoms. The summed E-state index contributed by atoms with van der Waals surface area (Å²) < 4.78 is 5.14. The molecule has 6 heteroatoms. The van der Waals surface area contributed by atoms with Crippen LogP contribution in [0.1, 0.15) is 5.56 Å². The highest BCUT2D eigenvalue weighted by molar-refractivity contribution is 5.92. The fourth-order valence-corrected chi connectivity index (χ4v) is 1.71. The number of ether oxygens (including phenoxy) is 1. The fraction of sp³-hybridized carbons (Fsp3) is 0.133. The van der Waals surface area contributed by atoms with Gasteiger partial charge in [0.15, 0.2) is 0 Å². The number of aliphatic carboxylic acids is 1. The van der Waals surface area contributed by atoms with Crippen LogP contribution >= 0.6 is 0 Å². The van der Waals surface area contributed by atoms with Gasteiger partial charge in [0.25, 0.3) is 0 Å². The van der Waals surface area contributed by atoms with Gasteiger partial charge in [0, 0.05) is 6.20 Å². The molecule has 0 fully saturated rings. The lowest BCUT2D eigenvalue weighted by Gasteiger charge is -2.19. The minimum atomic E-state index is -1.13. The Balaban J connectivity index is 2.06. The molecule has 1 heterocycles. The average Bonchev–Trinajstić information content (AvgIpc) is 2.52. The van der Waals surface area contributed by atoms with Crippen molar-refractivity contribution >= 4 is 17.7 Å². The molecule has 0 saturated carbocycles. The molecule has 2 aromatic rings. The number of carbonyl (C=O) groups excluding carboxylic acids is 1. The van der Waals surface area contributed by atoms with Gasteiger partial charge in [-0.05, 0) is 17.7 Å². The number of hydrogen-bond acceptors (Lipinski definition) is 4. The molecule has 0 atom stereocenters. The smallest absolute Gasteiger partial charge is 0.415 e. The number of amides is 1. The number of pyridine rings is 1. The van der Waals surface area contributed by atoms with Gasteiger partial charge >= 0.3 is 12.1 Å². The fourth-order valence-electron chi connectivity index (χ4n) is 1.71. The summed E-state index contributed by atoms with van der Waals surface area (Å²) in [5.74, 6) is -1.13. The maximum Gasteiger partial charge on any atom is 0.415 e. The number of anilines is 1. The Hall–Kier alpha value is -2.89. The van der Waals surface area contributed by atoms with Crippen LogP contribution < -0.4 is 4.90 Å². The first-order valence-electron chi connectivity index (χ1n) is 6.27. The normalized spacial score (nSPS) is 9.90. The van der Waals surface area contributed by atoms with Crippen LogP contribution in [0, 0.1) is 0 Å². The summed E-state index contributed by atoms with van der Waals surface area (Å²) in [6.45, 7) is -0.407. The molecule has 0 aliphatic carbocycles. The molecule has 2 rings (SSSR count). The van der Waals surface area contributed by atoms with E-state index < -0.39 is 18.6 Å². The zero-order chi connectivity index (χ0) is 15.1. The van der Waals surface area contributed by atoms with E-state index in [9.17, 15) is 9.59 Å².